The Bertz CT molecular complexity index is 938. The number of rotatable bonds is 6. The lowest BCUT2D eigenvalue weighted by Gasteiger charge is -2.13. The molecule has 0 saturated heterocycles. The number of esters is 2. The van der Waals surface area contributed by atoms with Crippen molar-refractivity contribution in [2.24, 2.45) is 0 Å². The summed E-state index contributed by atoms with van der Waals surface area (Å²) < 4.78 is 48.2. The number of carbonyl (C=O) groups is 2. The molecular formula is C19H18ClF3N2O4. The van der Waals surface area contributed by atoms with Gasteiger partial charge in [0.25, 0.3) is 0 Å². The van der Waals surface area contributed by atoms with Crippen LogP contribution in [0.1, 0.15) is 24.6 Å². The standard InChI is InChI=1S/C19H18ClF3N2O4/c1-4-14(20)13(17(26)29-18(27)19(21,22)23)7-12-5-6-15(16(8-12)28-3)25-9-11(2)24-10-25/h5-10,14H,4H2,1-3H3/b13-7-. The van der Waals surface area contributed by atoms with Gasteiger partial charge in [0, 0.05) is 6.20 Å². The van der Waals surface area contributed by atoms with E-state index >= 15 is 0 Å². The highest BCUT2D eigenvalue weighted by molar-refractivity contribution is 6.26. The van der Waals surface area contributed by atoms with Crippen molar-refractivity contribution in [3.8, 4) is 11.4 Å². The minimum Gasteiger partial charge on any atom is -0.495 e. The van der Waals surface area contributed by atoms with Crippen LogP contribution < -0.4 is 4.74 Å². The second-order valence-corrected chi connectivity index (χ2v) is 6.53. The highest BCUT2D eigenvalue weighted by atomic mass is 35.5. The van der Waals surface area contributed by atoms with E-state index in [-0.39, 0.29) is 12.0 Å². The Labute approximate surface area is 169 Å². The number of hydrogen-bond donors (Lipinski definition) is 0. The van der Waals surface area contributed by atoms with Gasteiger partial charge >= 0.3 is 18.1 Å². The Hall–Kier alpha value is -2.81. The molecule has 0 radical (unpaired) electrons. The molecule has 0 saturated carbocycles. The maximum atomic E-state index is 12.4. The molecule has 1 heterocycles. The van der Waals surface area contributed by atoms with Gasteiger partial charge in [-0.1, -0.05) is 13.0 Å². The van der Waals surface area contributed by atoms with Crippen LogP contribution in [0.3, 0.4) is 0 Å². The van der Waals surface area contributed by atoms with E-state index in [1.54, 1.807) is 42.2 Å². The van der Waals surface area contributed by atoms with Crippen LogP contribution in [0.5, 0.6) is 5.75 Å². The average molecular weight is 431 g/mol. The van der Waals surface area contributed by atoms with Gasteiger partial charge in [0.15, 0.2) is 0 Å². The lowest BCUT2D eigenvalue weighted by atomic mass is 10.1. The smallest absolute Gasteiger partial charge is 0.491 e. The minimum atomic E-state index is -5.29. The lowest BCUT2D eigenvalue weighted by molar-refractivity contribution is -0.200. The summed E-state index contributed by atoms with van der Waals surface area (Å²) in [6.45, 7) is 3.46. The Morgan fingerprint density at radius 1 is 1.34 bits per heavy atom. The molecule has 1 aromatic heterocycles. The Kier molecular flexibility index (Phi) is 7.07. The number of carbonyl (C=O) groups excluding carboxylic acids is 2. The van der Waals surface area contributed by atoms with Gasteiger partial charge in [-0.05, 0) is 37.1 Å². The molecule has 0 spiro atoms. The summed E-state index contributed by atoms with van der Waals surface area (Å²) in [6, 6.07) is 4.87. The van der Waals surface area contributed by atoms with Crippen LogP contribution in [0.15, 0.2) is 36.3 Å². The fourth-order valence-electron chi connectivity index (χ4n) is 2.43. The normalized spacial score (nSPS) is 13.1. The molecule has 0 amide bonds. The first-order chi connectivity index (χ1) is 13.6. The van der Waals surface area contributed by atoms with Crippen molar-refractivity contribution in [2.75, 3.05) is 7.11 Å². The summed E-state index contributed by atoms with van der Waals surface area (Å²) in [7, 11) is 1.45. The maximum Gasteiger partial charge on any atom is 0.491 e. The van der Waals surface area contributed by atoms with Gasteiger partial charge in [0.2, 0.25) is 0 Å². The van der Waals surface area contributed by atoms with E-state index in [1.807, 2.05) is 6.92 Å². The number of hydrogen-bond acceptors (Lipinski definition) is 5. The van der Waals surface area contributed by atoms with Crippen LogP contribution in [0.2, 0.25) is 0 Å². The molecule has 0 fully saturated rings. The van der Waals surface area contributed by atoms with Crippen molar-refractivity contribution < 1.29 is 32.2 Å². The topological polar surface area (TPSA) is 70.4 Å². The summed E-state index contributed by atoms with van der Waals surface area (Å²) in [4.78, 5) is 27.2. The summed E-state index contributed by atoms with van der Waals surface area (Å²) in [6.07, 6.45) is -0.418. The van der Waals surface area contributed by atoms with E-state index in [4.69, 9.17) is 16.3 Å². The largest absolute Gasteiger partial charge is 0.495 e. The van der Waals surface area contributed by atoms with E-state index in [9.17, 15) is 22.8 Å². The molecular weight excluding hydrogens is 413 g/mol. The molecule has 2 rings (SSSR count). The predicted octanol–water partition coefficient (Wildman–Crippen LogP) is 4.22. The number of ether oxygens (including phenoxy) is 2. The monoisotopic (exact) mass is 430 g/mol. The van der Waals surface area contributed by atoms with Crippen LogP contribution in [0.25, 0.3) is 11.8 Å². The summed E-state index contributed by atoms with van der Waals surface area (Å²) >= 11 is 6.07. The molecule has 0 N–H and O–H groups in total. The van der Waals surface area contributed by atoms with Crippen LogP contribution in [-0.4, -0.2) is 40.2 Å². The van der Waals surface area contributed by atoms with Crippen molar-refractivity contribution in [3.63, 3.8) is 0 Å². The number of halogens is 4. The Morgan fingerprint density at radius 2 is 2.03 bits per heavy atom. The van der Waals surface area contributed by atoms with E-state index in [0.717, 1.165) is 5.69 Å². The highest BCUT2D eigenvalue weighted by Gasteiger charge is 2.43. The highest BCUT2D eigenvalue weighted by Crippen LogP contribution is 2.28. The van der Waals surface area contributed by atoms with Crippen LogP contribution in [0, 0.1) is 6.92 Å². The number of aromatic nitrogens is 2. The second kappa shape index (κ2) is 9.13. The zero-order chi connectivity index (χ0) is 21.8. The minimum absolute atomic E-state index is 0.228. The summed E-state index contributed by atoms with van der Waals surface area (Å²) in [5.74, 6) is -3.63. The molecule has 10 heteroatoms. The van der Waals surface area contributed by atoms with Gasteiger partial charge in [-0.25, -0.2) is 14.6 Å². The molecule has 156 valence electrons. The number of nitrogens with zero attached hydrogens (tertiary/aromatic N) is 2. The van der Waals surface area contributed by atoms with Gasteiger partial charge in [-0.3, -0.25) is 0 Å². The number of imidazole rings is 1. The van der Waals surface area contributed by atoms with E-state index in [0.29, 0.717) is 17.0 Å². The van der Waals surface area contributed by atoms with Crippen molar-refractivity contribution in [3.05, 3.63) is 47.6 Å². The lowest BCUT2D eigenvalue weighted by Crippen LogP contribution is -2.29. The van der Waals surface area contributed by atoms with Gasteiger partial charge in [0.05, 0.1) is 35.8 Å². The van der Waals surface area contributed by atoms with Gasteiger partial charge in [-0.2, -0.15) is 13.2 Å². The van der Waals surface area contributed by atoms with Crippen molar-refractivity contribution in [1.82, 2.24) is 9.55 Å². The van der Waals surface area contributed by atoms with Crippen LogP contribution >= 0.6 is 11.6 Å². The molecule has 0 aliphatic carbocycles. The van der Waals surface area contributed by atoms with Crippen molar-refractivity contribution in [1.29, 1.82) is 0 Å². The zero-order valence-electron chi connectivity index (χ0n) is 15.8. The van der Waals surface area contributed by atoms with Gasteiger partial charge in [-0.15, -0.1) is 11.6 Å². The molecule has 6 nitrogen and oxygen atoms in total. The first-order valence-electron chi connectivity index (χ1n) is 8.44. The zero-order valence-corrected chi connectivity index (χ0v) is 16.5. The van der Waals surface area contributed by atoms with Gasteiger partial charge in [0.1, 0.15) is 5.75 Å². The van der Waals surface area contributed by atoms with Crippen LogP contribution in [-0.2, 0) is 14.3 Å². The first-order valence-corrected chi connectivity index (χ1v) is 8.88. The number of benzene rings is 1. The molecule has 0 bridgehead atoms. The third-order valence-electron chi connectivity index (χ3n) is 3.86. The van der Waals surface area contributed by atoms with E-state index in [1.165, 1.54) is 13.2 Å². The molecule has 29 heavy (non-hydrogen) atoms. The fraction of sp³-hybridized carbons (Fsp3) is 0.316. The maximum absolute atomic E-state index is 12.4. The first kappa shape index (κ1) is 22.5. The molecule has 0 aliphatic rings. The van der Waals surface area contributed by atoms with Crippen molar-refractivity contribution >= 4 is 29.6 Å². The third-order valence-corrected chi connectivity index (χ3v) is 4.41. The number of aryl methyl sites for hydroxylation is 1. The van der Waals surface area contributed by atoms with Gasteiger partial charge < -0.3 is 14.0 Å². The van der Waals surface area contributed by atoms with E-state index in [2.05, 4.69) is 9.72 Å². The molecule has 1 atom stereocenters. The quantitative estimate of drug-likeness (QED) is 0.297. The Morgan fingerprint density at radius 3 is 2.55 bits per heavy atom. The molecule has 2 aromatic rings. The third kappa shape index (κ3) is 5.60. The summed E-state index contributed by atoms with van der Waals surface area (Å²) in [5, 5.41) is -0.953. The summed E-state index contributed by atoms with van der Waals surface area (Å²) in [5.41, 5.74) is 1.61. The number of alkyl halides is 4. The predicted molar refractivity (Wildman–Crippen MR) is 99.9 cm³/mol. The molecule has 0 aliphatic heterocycles. The SMILES string of the molecule is CCC(Cl)/C(=C/c1ccc(-n2cnc(C)c2)c(OC)c1)C(=O)OC(=O)C(F)(F)F. The van der Waals surface area contributed by atoms with Crippen LogP contribution in [0.4, 0.5) is 13.2 Å². The molecule has 1 unspecified atom stereocenters. The fourth-order valence-corrected chi connectivity index (χ4v) is 2.58. The average Bonchev–Trinajstić information content (AvgIpc) is 3.10. The Balaban J connectivity index is 2.40. The number of methoxy groups -OCH3 is 1. The second-order valence-electron chi connectivity index (χ2n) is 6.00. The van der Waals surface area contributed by atoms with Crippen molar-refractivity contribution in [2.45, 2.75) is 31.8 Å². The van der Waals surface area contributed by atoms with E-state index < -0.39 is 23.5 Å². The molecule has 1 aromatic carbocycles.